The summed E-state index contributed by atoms with van der Waals surface area (Å²) in [5.74, 6) is -2.06. The predicted molar refractivity (Wildman–Crippen MR) is 86.4 cm³/mol. The molecule has 0 amide bonds. The van der Waals surface area contributed by atoms with E-state index in [1.807, 2.05) is 0 Å². The average molecular weight is 360 g/mol. The molecule has 0 radical (unpaired) electrons. The minimum Gasteiger partial charge on any atom is -0.472 e. The van der Waals surface area contributed by atoms with Gasteiger partial charge in [-0.25, -0.2) is 4.79 Å². The van der Waals surface area contributed by atoms with E-state index in [4.69, 9.17) is 33.2 Å². The summed E-state index contributed by atoms with van der Waals surface area (Å²) in [7, 11) is 2.79. The molecule has 2 aliphatic rings. The second-order valence-corrected chi connectivity index (χ2v) is 7.05. The zero-order valence-electron chi connectivity index (χ0n) is 15.7. The quantitative estimate of drug-likeness (QED) is 0.386. The molecule has 2 aliphatic heterocycles. The van der Waals surface area contributed by atoms with E-state index in [1.54, 1.807) is 27.7 Å². The smallest absolute Gasteiger partial charge is 0.341 e. The molecule has 0 aromatic rings. The van der Waals surface area contributed by atoms with Crippen molar-refractivity contribution in [2.75, 3.05) is 27.6 Å². The van der Waals surface area contributed by atoms with Gasteiger partial charge in [-0.2, -0.15) is 0 Å². The van der Waals surface area contributed by atoms with Gasteiger partial charge >= 0.3 is 5.97 Å². The van der Waals surface area contributed by atoms with Crippen molar-refractivity contribution >= 4 is 5.97 Å². The highest BCUT2D eigenvalue weighted by atomic mass is 16.8. The van der Waals surface area contributed by atoms with Crippen molar-refractivity contribution in [3.8, 4) is 0 Å². The van der Waals surface area contributed by atoms with Crippen LogP contribution in [0.1, 0.15) is 34.1 Å². The SMILES string of the molecule is C=C(C[C@@]1(C(=O)OC)OC(C)(C)O[C@@H]1[C@H]1COC(C)(C)O1)OCOC. The van der Waals surface area contributed by atoms with Crippen LogP contribution in [0.3, 0.4) is 0 Å². The topological polar surface area (TPSA) is 81.7 Å². The molecule has 25 heavy (non-hydrogen) atoms. The fourth-order valence-electron chi connectivity index (χ4n) is 3.19. The first-order valence-corrected chi connectivity index (χ1v) is 8.13. The van der Waals surface area contributed by atoms with Crippen LogP contribution >= 0.6 is 0 Å². The van der Waals surface area contributed by atoms with Crippen LogP contribution in [0.2, 0.25) is 0 Å². The highest BCUT2D eigenvalue weighted by Crippen LogP contribution is 2.45. The second kappa shape index (κ2) is 7.20. The van der Waals surface area contributed by atoms with Gasteiger partial charge in [0, 0.05) is 13.5 Å². The molecule has 0 aromatic heterocycles. The minimum absolute atomic E-state index is 0.0150. The molecular weight excluding hydrogens is 332 g/mol. The number of ether oxygens (including phenoxy) is 7. The van der Waals surface area contributed by atoms with E-state index in [-0.39, 0.29) is 19.8 Å². The van der Waals surface area contributed by atoms with Gasteiger partial charge in [0.15, 0.2) is 18.4 Å². The molecule has 0 saturated carbocycles. The van der Waals surface area contributed by atoms with Crippen LogP contribution in [0.4, 0.5) is 0 Å². The van der Waals surface area contributed by atoms with Gasteiger partial charge < -0.3 is 33.2 Å². The Bertz CT molecular complexity index is 515. The number of methoxy groups -OCH3 is 2. The van der Waals surface area contributed by atoms with Crippen molar-refractivity contribution < 1.29 is 38.0 Å². The third-order valence-corrected chi connectivity index (χ3v) is 4.04. The van der Waals surface area contributed by atoms with E-state index in [9.17, 15) is 4.79 Å². The summed E-state index contributed by atoms with van der Waals surface area (Å²) in [4.78, 5) is 12.7. The first-order valence-electron chi connectivity index (χ1n) is 8.13. The van der Waals surface area contributed by atoms with Crippen LogP contribution < -0.4 is 0 Å². The minimum atomic E-state index is -1.46. The first-order chi connectivity index (χ1) is 11.6. The lowest BCUT2D eigenvalue weighted by atomic mass is 9.88. The Balaban J connectivity index is 2.32. The monoisotopic (exact) mass is 360 g/mol. The Morgan fingerprint density at radius 3 is 2.36 bits per heavy atom. The molecule has 2 heterocycles. The van der Waals surface area contributed by atoms with Crippen molar-refractivity contribution in [3.05, 3.63) is 12.3 Å². The number of rotatable bonds is 7. The van der Waals surface area contributed by atoms with E-state index < -0.39 is 35.4 Å². The molecule has 0 spiro atoms. The molecule has 3 atom stereocenters. The van der Waals surface area contributed by atoms with Crippen molar-refractivity contribution in [3.63, 3.8) is 0 Å². The zero-order chi connectivity index (χ0) is 18.9. The summed E-state index contributed by atoms with van der Waals surface area (Å²) >= 11 is 0. The number of hydrogen-bond donors (Lipinski definition) is 0. The lowest BCUT2D eigenvalue weighted by Gasteiger charge is -2.33. The van der Waals surface area contributed by atoms with E-state index in [0.717, 1.165) is 0 Å². The molecule has 2 saturated heterocycles. The van der Waals surface area contributed by atoms with E-state index in [0.29, 0.717) is 5.76 Å². The predicted octanol–water partition coefficient (Wildman–Crippen LogP) is 1.73. The molecule has 144 valence electrons. The fraction of sp³-hybridized carbons (Fsp3) is 0.824. The summed E-state index contributed by atoms with van der Waals surface area (Å²) in [5.41, 5.74) is -1.46. The van der Waals surface area contributed by atoms with Gasteiger partial charge in [-0.3, -0.25) is 0 Å². The first kappa shape index (κ1) is 20.1. The molecule has 0 bridgehead atoms. The number of hydrogen-bond acceptors (Lipinski definition) is 8. The van der Waals surface area contributed by atoms with Gasteiger partial charge in [0.25, 0.3) is 0 Å². The van der Waals surface area contributed by atoms with Crippen molar-refractivity contribution in [2.24, 2.45) is 0 Å². The van der Waals surface area contributed by atoms with Gasteiger partial charge in [0.05, 0.1) is 19.5 Å². The Kier molecular flexibility index (Phi) is 5.80. The fourth-order valence-corrected chi connectivity index (χ4v) is 3.19. The maximum Gasteiger partial charge on any atom is 0.341 e. The van der Waals surface area contributed by atoms with Gasteiger partial charge in [-0.15, -0.1) is 0 Å². The molecule has 8 heteroatoms. The normalized spacial score (nSPS) is 33.2. The van der Waals surface area contributed by atoms with Crippen molar-refractivity contribution in [1.29, 1.82) is 0 Å². The number of esters is 1. The summed E-state index contributed by atoms with van der Waals surface area (Å²) in [6.07, 6.45) is -1.22. The Morgan fingerprint density at radius 2 is 1.84 bits per heavy atom. The van der Waals surface area contributed by atoms with E-state index in [1.165, 1.54) is 14.2 Å². The zero-order valence-corrected chi connectivity index (χ0v) is 15.7. The van der Waals surface area contributed by atoms with Crippen LogP contribution in [-0.2, 0) is 38.0 Å². The van der Waals surface area contributed by atoms with Crippen LogP contribution in [0.25, 0.3) is 0 Å². The summed E-state index contributed by atoms with van der Waals surface area (Å²) < 4.78 is 38.8. The van der Waals surface area contributed by atoms with Gasteiger partial charge in [0.1, 0.15) is 12.2 Å². The molecule has 8 nitrogen and oxygen atoms in total. The van der Waals surface area contributed by atoms with Gasteiger partial charge in [0.2, 0.25) is 5.60 Å². The molecule has 0 aliphatic carbocycles. The lowest BCUT2D eigenvalue weighted by molar-refractivity contribution is -0.189. The Labute approximate surface area is 148 Å². The molecule has 0 N–H and O–H groups in total. The second-order valence-electron chi connectivity index (χ2n) is 7.05. The Morgan fingerprint density at radius 1 is 1.16 bits per heavy atom. The highest BCUT2D eigenvalue weighted by molar-refractivity contribution is 5.81. The molecule has 0 unspecified atom stereocenters. The largest absolute Gasteiger partial charge is 0.472 e. The number of carbonyl (C=O) groups excluding carboxylic acids is 1. The van der Waals surface area contributed by atoms with Crippen LogP contribution in [0, 0.1) is 0 Å². The molecule has 0 aromatic carbocycles. The standard InChI is InChI=1S/C17H28O8/c1-11(21-10-19-6)8-17(14(18)20-7)13(24-16(4,5)25-17)12-9-22-15(2,3)23-12/h12-13H,1,8-10H2,2-7H3/t12-,13-,17-/m1/s1. The summed E-state index contributed by atoms with van der Waals surface area (Å²) in [5, 5.41) is 0. The Hall–Kier alpha value is -1.19. The maximum absolute atomic E-state index is 12.7. The van der Waals surface area contributed by atoms with Crippen molar-refractivity contribution in [1.82, 2.24) is 0 Å². The molecule has 2 fully saturated rings. The lowest BCUT2D eigenvalue weighted by Crippen LogP contribution is -2.54. The van der Waals surface area contributed by atoms with Crippen molar-refractivity contribution in [2.45, 2.75) is 63.5 Å². The van der Waals surface area contributed by atoms with Crippen LogP contribution in [0.15, 0.2) is 12.3 Å². The third kappa shape index (κ3) is 4.32. The summed E-state index contributed by atoms with van der Waals surface area (Å²) in [6, 6.07) is 0. The number of carbonyl (C=O) groups is 1. The third-order valence-electron chi connectivity index (χ3n) is 4.04. The average Bonchev–Trinajstić information content (AvgIpc) is 3.01. The molecular formula is C17H28O8. The van der Waals surface area contributed by atoms with Crippen LogP contribution in [0.5, 0.6) is 0 Å². The van der Waals surface area contributed by atoms with E-state index in [2.05, 4.69) is 6.58 Å². The maximum atomic E-state index is 12.7. The summed E-state index contributed by atoms with van der Waals surface area (Å²) in [6.45, 7) is 11.2. The van der Waals surface area contributed by atoms with Crippen LogP contribution in [-0.4, -0.2) is 63.0 Å². The molecule has 2 rings (SSSR count). The highest BCUT2D eigenvalue weighted by Gasteiger charge is 2.63. The van der Waals surface area contributed by atoms with Gasteiger partial charge in [-0.1, -0.05) is 6.58 Å². The van der Waals surface area contributed by atoms with E-state index >= 15 is 0 Å². The van der Waals surface area contributed by atoms with Gasteiger partial charge in [-0.05, 0) is 27.7 Å².